The van der Waals surface area contributed by atoms with Crippen LogP contribution in [0.5, 0.6) is 11.5 Å². The quantitative estimate of drug-likeness (QED) is 0.427. The highest BCUT2D eigenvalue weighted by Crippen LogP contribution is 2.44. The summed E-state index contributed by atoms with van der Waals surface area (Å²) >= 11 is 0. The van der Waals surface area contributed by atoms with E-state index in [-0.39, 0.29) is 16.9 Å². The van der Waals surface area contributed by atoms with Crippen molar-refractivity contribution >= 4 is 0 Å². The highest BCUT2D eigenvalue weighted by Gasteiger charge is 2.31. The molecule has 1 aliphatic carbocycles. The van der Waals surface area contributed by atoms with Crippen molar-refractivity contribution < 1.29 is 10.2 Å². The monoisotopic (exact) mass is 312 g/mol. The van der Waals surface area contributed by atoms with E-state index in [1.54, 1.807) is 12.1 Å². The highest BCUT2D eigenvalue weighted by molar-refractivity contribution is 5.43. The third-order valence-electron chi connectivity index (χ3n) is 4.78. The van der Waals surface area contributed by atoms with Crippen LogP contribution in [0.4, 0.5) is 0 Å². The smallest absolute Gasteiger partial charge is 0.119 e. The van der Waals surface area contributed by atoms with Crippen LogP contribution in [-0.2, 0) is 6.42 Å². The molecule has 1 atom stereocenters. The van der Waals surface area contributed by atoms with Crippen molar-refractivity contribution in [1.82, 2.24) is 0 Å². The molecule has 2 heteroatoms. The van der Waals surface area contributed by atoms with Gasteiger partial charge in [0.25, 0.3) is 0 Å². The van der Waals surface area contributed by atoms with Crippen LogP contribution in [0.1, 0.15) is 52.5 Å². The fourth-order valence-electron chi connectivity index (χ4n) is 3.40. The lowest BCUT2D eigenvalue weighted by molar-refractivity contribution is 0.405. The Morgan fingerprint density at radius 3 is 2.70 bits per heavy atom. The minimum absolute atomic E-state index is 0.00613. The lowest BCUT2D eigenvalue weighted by Crippen LogP contribution is -2.23. The van der Waals surface area contributed by atoms with Gasteiger partial charge in [-0.05, 0) is 64.7 Å². The molecule has 2 rings (SSSR count). The molecule has 0 saturated heterocycles. The van der Waals surface area contributed by atoms with Gasteiger partial charge in [0.05, 0.1) is 0 Å². The molecule has 0 amide bonds. The van der Waals surface area contributed by atoms with Gasteiger partial charge in [-0.1, -0.05) is 41.9 Å². The van der Waals surface area contributed by atoms with E-state index in [0.29, 0.717) is 6.42 Å². The van der Waals surface area contributed by atoms with Crippen molar-refractivity contribution in [1.29, 1.82) is 0 Å². The Balaban J connectivity index is 2.37. The Hall–Kier alpha value is -1.96. The van der Waals surface area contributed by atoms with Crippen LogP contribution >= 0.6 is 0 Å². The van der Waals surface area contributed by atoms with Crippen molar-refractivity contribution in [2.75, 3.05) is 0 Å². The van der Waals surface area contributed by atoms with Crippen molar-refractivity contribution in [2.24, 2.45) is 5.41 Å². The molecule has 23 heavy (non-hydrogen) atoms. The molecule has 124 valence electrons. The summed E-state index contributed by atoms with van der Waals surface area (Å²) < 4.78 is 0. The second-order valence-corrected chi connectivity index (χ2v) is 7.12. The molecule has 0 fully saturated rings. The molecule has 2 N–H and O–H groups in total. The average Bonchev–Trinajstić information content (AvgIpc) is 2.46. The predicted octanol–water partition coefficient (Wildman–Crippen LogP) is 5.67. The fraction of sp³-hybridized carbons (Fsp3) is 0.429. The maximum absolute atomic E-state index is 10.1. The first kappa shape index (κ1) is 17.4. The van der Waals surface area contributed by atoms with E-state index in [1.807, 2.05) is 0 Å². The van der Waals surface area contributed by atoms with Crippen LogP contribution in [0.2, 0.25) is 0 Å². The number of hydrogen-bond acceptors (Lipinski definition) is 2. The molecule has 0 aromatic heterocycles. The van der Waals surface area contributed by atoms with Gasteiger partial charge in [0, 0.05) is 11.0 Å². The number of benzene rings is 1. The van der Waals surface area contributed by atoms with E-state index < -0.39 is 0 Å². The van der Waals surface area contributed by atoms with E-state index in [9.17, 15) is 10.2 Å². The summed E-state index contributed by atoms with van der Waals surface area (Å²) in [4.78, 5) is 0. The number of phenols is 2. The van der Waals surface area contributed by atoms with Crippen molar-refractivity contribution in [3.8, 4) is 11.5 Å². The largest absolute Gasteiger partial charge is 0.508 e. The molecule has 0 unspecified atom stereocenters. The van der Waals surface area contributed by atoms with Gasteiger partial charge >= 0.3 is 0 Å². The Kier molecular flexibility index (Phi) is 5.35. The summed E-state index contributed by atoms with van der Waals surface area (Å²) in [6.45, 7) is 8.67. The summed E-state index contributed by atoms with van der Waals surface area (Å²) in [6.07, 6.45) is 10.7. The van der Waals surface area contributed by atoms with E-state index in [4.69, 9.17) is 0 Å². The lowest BCUT2D eigenvalue weighted by atomic mass is 9.69. The van der Waals surface area contributed by atoms with Gasteiger partial charge in [-0.25, -0.2) is 0 Å². The van der Waals surface area contributed by atoms with E-state index in [2.05, 4.69) is 45.9 Å². The molecule has 1 aromatic carbocycles. The second kappa shape index (κ2) is 7.08. The van der Waals surface area contributed by atoms with Crippen LogP contribution in [0.25, 0.3) is 0 Å². The van der Waals surface area contributed by atoms with Crippen molar-refractivity contribution in [3.63, 3.8) is 0 Å². The molecule has 1 aromatic rings. The first-order chi connectivity index (χ1) is 10.8. The number of aromatic hydroxyl groups is 2. The van der Waals surface area contributed by atoms with Crippen molar-refractivity contribution in [3.05, 3.63) is 58.7 Å². The molecule has 0 aliphatic heterocycles. The summed E-state index contributed by atoms with van der Waals surface area (Å²) in [5.41, 5.74) is 4.86. The van der Waals surface area contributed by atoms with Crippen LogP contribution in [0, 0.1) is 5.41 Å². The predicted molar refractivity (Wildman–Crippen MR) is 96.7 cm³/mol. The number of allylic oxidation sites excluding steroid dienone is 6. The van der Waals surface area contributed by atoms with Crippen LogP contribution in [0.15, 0.2) is 53.1 Å². The first-order valence-corrected chi connectivity index (χ1v) is 8.34. The SMILES string of the molecule is CC(C)=C/C=C/[C@@]1(C)CCCC(C)=C1Cc1cc(O)ccc1O. The van der Waals surface area contributed by atoms with Gasteiger partial charge in [0.1, 0.15) is 11.5 Å². The van der Waals surface area contributed by atoms with Crippen LogP contribution in [0.3, 0.4) is 0 Å². The zero-order valence-corrected chi connectivity index (χ0v) is 14.7. The fourth-order valence-corrected chi connectivity index (χ4v) is 3.40. The minimum Gasteiger partial charge on any atom is -0.508 e. The molecule has 2 nitrogen and oxygen atoms in total. The molecule has 0 bridgehead atoms. The van der Waals surface area contributed by atoms with Gasteiger partial charge < -0.3 is 10.2 Å². The Morgan fingerprint density at radius 1 is 1.26 bits per heavy atom. The molecule has 0 radical (unpaired) electrons. The third kappa shape index (κ3) is 4.28. The summed E-state index contributed by atoms with van der Waals surface area (Å²) in [7, 11) is 0. The number of rotatable bonds is 4. The van der Waals surface area contributed by atoms with Crippen LogP contribution in [-0.4, -0.2) is 10.2 Å². The minimum atomic E-state index is 0.00613. The molecule has 0 heterocycles. The molecular formula is C21H28O2. The second-order valence-electron chi connectivity index (χ2n) is 7.12. The summed E-state index contributed by atoms with van der Waals surface area (Å²) in [5.74, 6) is 0.456. The number of hydrogen-bond donors (Lipinski definition) is 2. The van der Waals surface area contributed by atoms with E-state index >= 15 is 0 Å². The van der Waals surface area contributed by atoms with Gasteiger partial charge in [-0.15, -0.1) is 0 Å². The highest BCUT2D eigenvalue weighted by atomic mass is 16.3. The summed E-state index contributed by atoms with van der Waals surface area (Å²) in [6, 6.07) is 4.76. The molecule has 0 saturated carbocycles. The Labute approximate surface area is 139 Å². The normalized spacial score (nSPS) is 21.7. The van der Waals surface area contributed by atoms with Crippen molar-refractivity contribution in [2.45, 2.75) is 53.4 Å². The summed E-state index contributed by atoms with van der Waals surface area (Å²) in [5, 5.41) is 19.8. The van der Waals surface area contributed by atoms with E-state index in [1.165, 1.54) is 29.2 Å². The first-order valence-electron chi connectivity index (χ1n) is 8.34. The van der Waals surface area contributed by atoms with Crippen LogP contribution < -0.4 is 0 Å². The standard InChI is InChI=1S/C21H28O2/c1-15(2)7-5-11-21(4)12-6-8-16(3)19(21)14-17-13-18(22)9-10-20(17)23/h5,7,9-11,13,22-23H,6,8,12,14H2,1-4H3/b11-5+/t21-/m0/s1. The van der Waals surface area contributed by atoms with E-state index in [0.717, 1.165) is 18.4 Å². The molecule has 1 aliphatic rings. The molecule has 0 spiro atoms. The third-order valence-corrected chi connectivity index (χ3v) is 4.78. The Morgan fingerprint density at radius 2 is 2.00 bits per heavy atom. The number of phenolic OH excluding ortho intramolecular Hbond substituents is 2. The van der Waals surface area contributed by atoms with Gasteiger partial charge in [0.15, 0.2) is 0 Å². The topological polar surface area (TPSA) is 40.5 Å². The van der Waals surface area contributed by atoms with Gasteiger partial charge in [-0.3, -0.25) is 0 Å². The zero-order valence-electron chi connectivity index (χ0n) is 14.7. The average molecular weight is 312 g/mol. The maximum Gasteiger partial charge on any atom is 0.119 e. The van der Waals surface area contributed by atoms with Gasteiger partial charge in [-0.2, -0.15) is 0 Å². The lowest BCUT2D eigenvalue weighted by Gasteiger charge is -2.36. The van der Waals surface area contributed by atoms with Gasteiger partial charge in [0.2, 0.25) is 0 Å². The molecular weight excluding hydrogens is 284 g/mol. The zero-order chi connectivity index (χ0) is 17.0. The Bertz CT molecular complexity index is 660. The maximum atomic E-state index is 10.1.